The van der Waals surface area contributed by atoms with Crippen LogP contribution in [-0.4, -0.2) is 32.0 Å². The van der Waals surface area contributed by atoms with E-state index in [1.807, 2.05) is 43.3 Å². The third-order valence-corrected chi connectivity index (χ3v) is 3.78. The first kappa shape index (κ1) is 20.0. The molecule has 2 N–H and O–H groups in total. The first-order valence-corrected chi connectivity index (χ1v) is 8.60. The number of anilines is 3. The Labute approximate surface area is 159 Å². The number of rotatable bonds is 8. The molecule has 2 aromatic carbocycles. The zero-order valence-corrected chi connectivity index (χ0v) is 15.9. The third-order valence-electron chi connectivity index (χ3n) is 3.78. The smallest absolute Gasteiger partial charge is 0.243 e. The number of benzene rings is 2. The number of hydrogen-bond donors (Lipinski definition) is 2. The molecule has 6 nitrogen and oxygen atoms in total. The normalized spacial score (nSPS) is 10.0. The van der Waals surface area contributed by atoms with Gasteiger partial charge >= 0.3 is 0 Å². The molecule has 0 aliphatic carbocycles. The molecule has 0 aliphatic rings. The minimum atomic E-state index is -0.169. The van der Waals surface area contributed by atoms with Gasteiger partial charge in [-0.25, -0.2) is 0 Å². The number of ether oxygens (including phenoxy) is 1. The van der Waals surface area contributed by atoms with Crippen LogP contribution in [0.1, 0.15) is 13.8 Å². The van der Waals surface area contributed by atoms with Crippen molar-refractivity contribution in [3.05, 3.63) is 60.7 Å². The van der Waals surface area contributed by atoms with Gasteiger partial charge in [0.05, 0.1) is 6.54 Å². The number of hydrogen-bond acceptors (Lipinski definition) is 4. The minimum Gasteiger partial charge on any atom is -0.489 e. The van der Waals surface area contributed by atoms with Crippen LogP contribution in [0.5, 0.6) is 5.75 Å². The average Bonchev–Trinajstić information content (AvgIpc) is 2.65. The SMILES string of the molecule is C=C(C)COc1cccc(NC(=O)CNc2ccc(N(C)C(C)=O)cc2)c1. The van der Waals surface area contributed by atoms with E-state index >= 15 is 0 Å². The summed E-state index contributed by atoms with van der Waals surface area (Å²) < 4.78 is 5.57. The van der Waals surface area contributed by atoms with Gasteiger partial charge in [0.1, 0.15) is 12.4 Å². The maximum Gasteiger partial charge on any atom is 0.243 e. The van der Waals surface area contributed by atoms with Crippen LogP contribution in [0.25, 0.3) is 0 Å². The Kier molecular flexibility index (Phi) is 7.00. The fraction of sp³-hybridized carbons (Fsp3) is 0.238. The molecule has 0 saturated heterocycles. The van der Waals surface area contributed by atoms with Crippen molar-refractivity contribution >= 4 is 28.9 Å². The van der Waals surface area contributed by atoms with Gasteiger partial charge in [-0.1, -0.05) is 12.6 Å². The highest BCUT2D eigenvalue weighted by molar-refractivity contribution is 5.94. The molecule has 0 aliphatic heterocycles. The van der Waals surface area contributed by atoms with Crippen LogP contribution in [0.15, 0.2) is 60.7 Å². The van der Waals surface area contributed by atoms with Gasteiger partial charge in [-0.3, -0.25) is 9.59 Å². The number of nitrogens with zero attached hydrogens (tertiary/aromatic N) is 1. The van der Waals surface area contributed by atoms with Gasteiger partial charge in [-0.15, -0.1) is 0 Å². The van der Waals surface area contributed by atoms with Crippen LogP contribution in [-0.2, 0) is 9.59 Å². The van der Waals surface area contributed by atoms with E-state index in [2.05, 4.69) is 17.2 Å². The summed E-state index contributed by atoms with van der Waals surface area (Å²) in [5.41, 5.74) is 3.18. The maximum atomic E-state index is 12.1. The Morgan fingerprint density at radius 2 is 1.78 bits per heavy atom. The van der Waals surface area contributed by atoms with E-state index in [-0.39, 0.29) is 18.4 Å². The van der Waals surface area contributed by atoms with Crippen molar-refractivity contribution in [1.29, 1.82) is 0 Å². The lowest BCUT2D eigenvalue weighted by atomic mass is 10.2. The zero-order chi connectivity index (χ0) is 19.8. The lowest BCUT2D eigenvalue weighted by molar-refractivity contribution is -0.116. The largest absolute Gasteiger partial charge is 0.489 e. The van der Waals surface area contributed by atoms with Gasteiger partial charge < -0.3 is 20.3 Å². The number of carbonyl (C=O) groups excluding carboxylic acids is 2. The minimum absolute atomic E-state index is 0.0375. The molecule has 6 heteroatoms. The Balaban J connectivity index is 1.86. The summed E-state index contributed by atoms with van der Waals surface area (Å²) in [5, 5.41) is 5.88. The Morgan fingerprint density at radius 1 is 1.07 bits per heavy atom. The molecule has 0 radical (unpaired) electrons. The second-order valence-corrected chi connectivity index (χ2v) is 6.30. The topological polar surface area (TPSA) is 70.7 Å². The molecule has 2 amide bonds. The van der Waals surface area contributed by atoms with E-state index in [9.17, 15) is 9.59 Å². The van der Waals surface area contributed by atoms with Crippen LogP contribution in [0, 0.1) is 0 Å². The summed E-state index contributed by atoms with van der Waals surface area (Å²) >= 11 is 0. The summed E-state index contributed by atoms with van der Waals surface area (Å²) in [5.74, 6) is 0.468. The average molecular weight is 367 g/mol. The Morgan fingerprint density at radius 3 is 2.41 bits per heavy atom. The van der Waals surface area contributed by atoms with Crippen molar-refractivity contribution < 1.29 is 14.3 Å². The molecule has 2 aromatic rings. The molecule has 2 rings (SSSR count). The molecule has 27 heavy (non-hydrogen) atoms. The van der Waals surface area contributed by atoms with Crippen LogP contribution < -0.4 is 20.3 Å². The molecule has 0 heterocycles. The lowest BCUT2D eigenvalue weighted by Gasteiger charge is -2.15. The fourth-order valence-electron chi connectivity index (χ4n) is 2.24. The van der Waals surface area contributed by atoms with Crippen molar-refractivity contribution in [2.45, 2.75) is 13.8 Å². The van der Waals surface area contributed by atoms with Crippen LogP contribution in [0.4, 0.5) is 17.1 Å². The number of nitrogens with one attached hydrogen (secondary N) is 2. The summed E-state index contributed by atoms with van der Waals surface area (Å²) in [4.78, 5) is 25.1. The van der Waals surface area contributed by atoms with Gasteiger partial charge in [-0.2, -0.15) is 0 Å². The molecule has 0 unspecified atom stereocenters. The van der Waals surface area contributed by atoms with E-state index in [0.29, 0.717) is 18.0 Å². The fourth-order valence-corrected chi connectivity index (χ4v) is 2.24. The van der Waals surface area contributed by atoms with E-state index < -0.39 is 0 Å². The monoisotopic (exact) mass is 367 g/mol. The van der Waals surface area contributed by atoms with Crippen molar-refractivity contribution in [2.75, 3.05) is 35.7 Å². The highest BCUT2D eigenvalue weighted by Crippen LogP contribution is 2.19. The van der Waals surface area contributed by atoms with E-state index in [4.69, 9.17) is 4.74 Å². The van der Waals surface area contributed by atoms with E-state index in [0.717, 1.165) is 16.9 Å². The second-order valence-electron chi connectivity index (χ2n) is 6.30. The second kappa shape index (κ2) is 9.43. The summed E-state index contributed by atoms with van der Waals surface area (Å²) in [6.07, 6.45) is 0. The quantitative estimate of drug-likeness (QED) is 0.699. The van der Waals surface area contributed by atoms with Crippen LogP contribution >= 0.6 is 0 Å². The van der Waals surface area contributed by atoms with Gasteiger partial charge in [0.25, 0.3) is 0 Å². The summed E-state index contributed by atoms with van der Waals surface area (Å²) in [6, 6.07) is 14.5. The van der Waals surface area contributed by atoms with Crippen molar-refractivity contribution in [1.82, 2.24) is 0 Å². The van der Waals surface area contributed by atoms with Gasteiger partial charge in [0.2, 0.25) is 11.8 Å². The van der Waals surface area contributed by atoms with Crippen molar-refractivity contribution in [3.8, 4) is 5.75 Å². The van der Waals surface area contributed by atoms with Gasteiger partial charge in [0.15, 0.2) is 0 Å². The highest BCUT2D eigenvalue weighted by atomic mass is 16.5. The molecule has 0 saturated carbocycles. The van der Waals surface area contributed by atoms with E-state index in [1.165, 1.54) is 6.92 Å². The standard InChI is InChI=1S/C21H25N3O3/c1-15(2)14-27-20-7-5-6-18(12-20)23-21(26)13-22-17-8-10-19(11-9-17)24(4)16(3)25/h5-12,22H,1,13-14H2,2-4H3,(H,23,26). The predicted octanol–water partition coefficient (Wildman–Crippen LogP) is 3.67. The van der Waals surface area contributed by atoms with Crippen LogP contribution in [0.2, 0.25) is 0 Å². The number of amides is 2. The molecule has 0 spiro atoms. The van der Waals surface area contributed by atoms with Crippen LogP contribution in [0.3, 0.4) is 0 Å². The van der Waals surface area contributed by atoms with Crippen molar-refractivity contribution in [3.63, 3.8) is 0 Å². The Bertz CT molecular complexity index is 816. The highest BCUT2D eigenvalue weighted by Gasteiger charge is 2.06. The molecular weight excluding hydrogens is 342 g/mol. The first-order valence-electron chi connectivity index (χ1n) is 8.60. The molecular formula is C21H25N3O3. The molecule has 0 atom stereocenters. The first-order chi connectivity index (χ1) is 12.8. The predicted molar refractivity (Wildman–Crippen MR) is 109 cm³/mol. The van der Waals surface area contributed by atoms with Crippen molar-refractivity contribution in [2.24, 2.45) is 0 Å². The maximum absolute atomic E-state index is 12.1. The molecule has 0 bridgehead atoms. The molecule has 0 fully saturated rings. The van der Waals surface area contributed by atoms with Gasteiger partial charge in [-0.05, 0) is 48.9 Å². The lowest BCUT2D eigenvalue weighted by Crippen LogP contribution is -2.23. The zero-order valence-electron chi connectivity index (χ0n) is 15.9. The number of carbonyl (C=O) groups is 2. The summed E-state index contributed by atoms with van der Waals surface area (Å²) in [6.45, 7) is 7.76. The molecule has 142 valence electrons. The molecule has 0 aromatic heterocycles. The summed E-state index contributed by atoms with van der Waals surface area (Å²) in [7, 11) is 1.71. The van der Waals surface area contributed by atoms with E-state index in [1.54, 1.807) is 24.1 Å². The third kappa shape index (κ3) is 6.51. The van der Waals surface area contributed by atoms with Gasteiger partial charge in [0, 0.05) is 37.1 Å². The Hall–Kier alpha value is -3.28.